The zero-order valence-corrected chi connectivity index (χ0v) is 23.7. The van der Waals surface area contributed by atoms with E-state index in [1.54, 1.807) is 7.11 Å². The lowest BCUT2D eigenvalue weighted by Crippen LogP contribution is -2.33. The van der Waals surface area contributed by atoms with Gasteiger partial charge in [-0.2, -0.15) is 0 Å². The van der Waals surface area contributed by atoms with Crippen molar-refractivity contribution in [2.75, 3.05) is 30.0 Å². The molecule has 2 aliphatic rings. The second-order valence-electron chi connectivity index (χ2n) is 10.3. The van der Waals surface area contributed by atoms with E-state index in [9.17, 15) is 0 Å². The number of nitrogens with zero attached hydrogens (tertiary/aromatic N) is 4. The maximum Gasteiger partial charge on any atom is 0.174 e. The van der Waals surface area contributed by atoms with E-state index in [1.165, 1.54) is 12.8 Å². The number of nitrogens with one attached hydrogen (secondary N) is 1. The first kappa shape index (κ1) is 25.7. The van der Waals surface area contributed by atoms with Crippen LogP contribution in [0, 0.1) is 5.92 Å². The van der Waals surface area contributed by atoms with Gasteiger partial charge in [0, 0.05) is 42.6 Å². The van der Waals surface area contributed by atoms with Crippen molar-refractivity contribution in [3.8, 4) is 11.4 Å². The fraction of sp³-hybridized carbons (Fsp3) is 0.290. The average molecular weight is 558 g/mol. The Balaban J connectivity index is 1.41. The van der Waals surface area contributed by atoms with Gasteiger partial charge in [0.15, 0.2) is 5.11 Å². The SMILES string of the molecule is COc1ccc(-n2cccc2C2C(c3ccccn3)NC(=S)N2c2ccc(N3CCC(C)CC3)c(Cl)c2)cc1. The summed E-state index contributed by atoms with van der Waals surface area (Å²) in [6.45, 7) is 4.39. The average Bonchev–Trinajstić information content (AvgIpc) is 3.58. The number of methoxy groups -OCH3 is 1. The first-order valence-electron chi connectivity index (χ1n) is 13.4. The number of thiocarbonyl (C=S) groups is 1. The molecule has 0 spiro atoms. The van der Waals surface area contributed by atoms with Gasteiger partial charge in [-0.05, 0) is 97.7 Å². The summed E-state index contributed by atoms with van der Waals surface area (Å²) in [5, 5.41) is 4.96. The number of pyridine rings is 1. The number of piperidine rings is 1. The molecule has 8 heteroatoms. The first-order valence-corrected chi connectivity index (χ1v) is 14.2. The molecule has 2 unspecified atom stereocenters. The quantitative estimate of drug-likeness (QED) is 0.259. The van der Waals surface area contributed by atoms with E-state index in [2.05, 4.69) is 75.3 Å². The number of aromatic nitrogens is 2. The topological polar surface area (TPSA) is 45.6 Å². The van der Waals surface area contributed by atoms with E-state index < -0.39 is 0 Å². The normalized spacial score (nSPS) is 19.8. The van der Waals surface area contributed by atoms with Crippen LogP contribution >= 0.6 is 23.8 Å². The zero-order chi connectivity index (χ0) is 26.9. The Morgan fingerprint density at radius 3 is 2.44 bits per heavy atom. The minimum Gasteiger partial charge on any atom is -0.497 e. The van der Waals surface area contributed by atoms with Gasteiger partial charge in [0.2, 0.25) is 0 Å². The van der Waals surface area contributed by atoms with Crippen molar-refractivity contribution in [2.24, 2.45) is 5.92 Å². The molecule has 0 bridgehead atoms. The lowest BCUT2D eigenvalue weighted by Gasteiger charge is -2.33. The Kier molecular flexibility index (Phi) is 7.19. The van der Waals surface area contributed by atoms with Gasteiger partial charge < -0.3 is 24.4 Å². The van der Waals surface area contributed by atoms with E-state index in [0.29, 0.717) is 5.11 Å². The van der Waals surface area contributed by atoms with Crippen molar-refractivity contribution >= 4 is 40.3 Å². The molecule has 200 valence electrons. The van der Waals surface area contributed by atoms with Gasteiger partial charge in [-0.3, -0.25) is 4.98 Å². The summed E-state index contributed by atoms with van der Waals surface area (Å²) in [4.78, 5) is 9.28. The molecule has 6 rings (SSSR count). The molecule has 0 radical (unpaired) electrons. The molecule has 2 aromatic carbocycles. The van der Waals surface area contributed by atoms with Crippen LogP contribution in [0.4, 0.5) is 11.4 Å². The molecular formula is C31H32ClN5OS. The van der Waals surface area contributed by atoms with Crippen LogP contribution in [0.3, 0.4) is 0 Å². The Hall–Kier alpha value is -3.55. The molecule has 4 aromatic rings. The van der Waals surface area contributed by atoms with E-state index in [4.69, 9.17) is 33.5 Å². The lowest BCUT2D eigenvalue weighted by atomic mass is 9.98. The van der Waals surface area contributed by atoms with E-state index in [1.807, 2.05) is 36.5 Å². The standard InChI is InChI=1S/C31H32ClN5OS/c1-21-14-18-35(19-15-21)27-13-10-23(20-25(27)32)37-30(29(34-31(37)39)26-6-3-4-16-33-26)28-7-5-17-36(28)22-8-11-24(38-2)12-9-22/h3-13,16-17,20-21,29-30H,14-15,18-19H2,1-2H3,(H,34,39). The highest BCUT2D eigenvalue weighted by Crippen LogP contribution is 2.44. The highest BCUT2D eigenvalue weighted by atomic mass is 35.5. The van der Waals surface area contributed by atoms with E-state index in [0.717, 1.165) is 58.2 Å². The van der Waals surface area contributed by atoms with Gasteiger partial charge in [-0.25, -0.2) is 0 Å². The van der Waals surface area contributed by atoms with Crippen molar-refractivity contribution in [2.45, 2.75) is 31.8 Å². The lowest BCUT2D eigenvalue weighted by molar-refractivity contribution is 0.414. The van der Waals surface area contributed by atoms with Crippen LogP contribution in [0.1, 0.15) is 43.2 Å². The Morgan fingerprint density at radius 2 is 1.74 bits per heavy atom. The highest BCUT2D eigenvalue weighted by molar-refractivity contribution is 7.80. The molecule has 0 saturated carbocycles. The molecule has 2 aliphatic heterocycles. The molecule has 2 aromatic heterocycles. The maximum absolute atomic E-state index is 6.95. The number of benzene rings is 2. The van der Waals surface area contributed by atoms with Gasteiger partial charge in [-0.15, -0.1) is 0 Å². The van der Waals surface area contributed by atoms with Gasteiger partial charge in [-0.1, -0.05) is 24.6 Å². The van der Waals surface area contributed by atoms with Crippen molar-refractivity contribution in [1.82, 2.24) is 14.9 Å². The molecule has 4 heterocycles. The van der Waals surface area contributed by atoms with Crippen molar-refractivity contribution in [3.63, 3.8) is 0 Å². The molecule has 2 fully saturated rings. The smallest absolute Gasteiger partial charge is 0.174 e. The summed E-state index contributed by atoms with van der Waals surface area (Å²) >= 11 is 12.9. The molecule has 0 amide bonds. The molecule has 6 nitrogen and oxygen atoms in total. The first-order chi connectivity index (χ1) is 19.0. The number of hydrogen-bond donors (Lipinski definition) is 1. The van der Waals surface area contributed by atoms with E-state index in [-0.39, 0.29) is 12.1 Å². The van der Waals surface area contributed by atoms with Crippen LogP contribution in [0.2, 0.25) is 5.02 Å². The zero-order valence-electron chi connectivity index (χ0n) is 22.1. The summed E-state index contributed by atoms with van der Waals surface area (Å²) in [7, 11) is 1.68. The second kappa shape index (κ2) is 10.9. The fourth-order valence-electron chi connectivity index (χ4n) is 5.70. The van der Waals surface area contributed by atoms with Gasteiger partial charge in [0.05, 0.1) is 29.6 Å². The highest BCUT2D eigenvalue weighted by Gasteiger charge is 2.42. The van der Waals surface area contributed by atoms with Crippen molar-refractivity contribution in [1.29, 1.82) is 0 Å². The third-order valence-electron chi connectivity index (χ3n) is 7.87. The Bertz CT molecular complexity index is 1450. The summed E-state index contributed by atoms with van der Waals surface area (Å²) in [5.74, 6) is 1.58. The summed E-state index contributed by atoms with van der Waals surface area (Å²) in [5.41, 5.74) is 5.11. The van der Waals surface area contributed by atoms with Gasteiger partial charge in [0.25, 0.3) is 0 Å². The second-order valence-corrected chi connectivity index (χ2v) is 11.1. The molecule has 0 aliphatic carbocycles. The molecule has 39 heavy (non-hydrogen) atoms. The molecule has 2 atom stereocenters. The predicted molar refractivity (Wildman–Crippen MR) is 162 cm³/mol. The van der Waals surface area contributed by atoms with Crippen molar-refractivity contribution < 1.29 is 4.74 Å². The minimum atomic E-state index is -0.151. The largest absolute Gasteiger partial charge is 0.497 e. The molecular weight excluding hydrogens is 526 g/mol. The number of anilines is 2. The van der Waals surface area contributed by atoms with Crippen LogP contribution in [-0.2, 0) is 0 Å². The Labute approximate surface area is 240 Å². The van der Waals surface area contributed by atoms with Crippen LogP contribution in [0.25, 0.3) is 5.69 Å². The van der Waals surface area contributed by atoms with Crippen LogP contribution in [0.5, 0.6) is 5.75 Å². The number of rotatable bonds is 6. The van der Waals surface area contributed by atoms with Crippen LogP contribution < -0.4 is 19.9 Å². The summed E-state index contributed by atoms with van der Waals surface area (Å²) in [6, 6.07) is 24.3. The van der Waals surface area contributed by atoms with Gasteiger partial charge >= 0.3 is 0 Å². The fourth-order valence-corrected chi connectivity index (χ4v) is 6.34. The van der Waals surface area contributed by atoms with Gasteiger partial charge in [0.1, 0.15) is 11.8 Å². The monoisotopic (exact) mass is 557 g/mol. The Morgan fingerprint density at radius 1 is 0.974 bits per heavy atom. The van der Waals surface area contributed by atoms with Crippen molar-refractivity contribution in [3.05, 3.63) is 102 Å². The number of hydrogen-bond acceptors (Lipinski definition) is 4. The van der Waals surface area contributed by atoms with Crippen LogP contribution in [-0.4, -0.2) is 34.9 Å². The third kappa shape index (κ3) is 4.97. The van der Waals surface area contributed by atoms with E-state index >= 15 is 0 Å². The molecule has 1 N–H and O–H groups in total. The molecule has 2 saturated heterocycles. The third-order valence-corrected chi connectivity index (χ3v) is 8.48. The maximum atomic E-state index is 6.95. The number of halogens is 1. The van der Waals surface area contributed by atoms with Crippen LogP contribution in [0.15, 0.2) is 85.2 Å². The predicted octanol–water partition coefficient (Wildman–Crippen LogP) is 6.95. The number of ether oxygens (including phenoxy) is 1. The summed E-state index contributed by atoms with van der Waals surface area (Å²) < 4.78 is 7.58. The summed E-state index contributed by atoms with van der Waals surface area (Å²) in [6.07, 6.45) is 6.29. The minimum absolute atomic E-state index is 0.146.